The van der Waals surface area contributed by atoms with E-state index in [9.17, 15) is 19.8 Å². The summed E-state index contributed by atoms with van der Waals surface area (Å²) < 4.78 is 0. The first-order valence-corrected chi connectivity index (χ1v) is 7.69. The summed E-state index contributed by atoms with van der Waals surface area (Å²) in [5, 5.41) is 22.8. The van der Waals surface area contributed by atoms with Crippen LogP contribution in [0.25, 0.3) is 21.8 Å². The molecule has 0 radical (unpaired) electrons. The van der Waals surface area contributed by atoms with E-state index in [-0.39, 0.29) is 34.4 Å². The molecule has 0 aliphatic rings. The largest absolute Gasteiger partial charge is 2.00 e. The second kappa shape index (κ2) is 9.06. The van der Waals surface area contributed by atoms with Crippen molar-refractivity contribution in [3.8, 4) is 0 Å². The number of hydrogen-bond acceptors (Lipinski definition) is 6. The van der Waals surface area contributed by atoms with Gasteiger partial charge in [-0.1, -0.05) is 48.5 Å². The smallest absolute Gasteiger partial charge is 0.543 e. The van der Waals surface area contributed by atoms with E-state index in [0.717, 1.165) is 10.8 Å². The minimum atomic E-state index is -1.24. The van der Waals surface area contributed by atoms with Crippen LogP contribution in [-0.4, -0.2) is 45.0 Å². The fourth-order valence-electron chi connectivity index (χ4n) is 2.36. The van der Waals surface area contributed by atoms with Gasteiger partial charge in [0, 0.05) is 10.8 Å². The van der Waals surface area contributed by atoms with Crippen LogP contribution in [-0.2, 0) is 0 Å². The van der Waals surface area contributed by atoms with Crippen molar-refractivity contribution in [1.29, 1.82) is 0 Å². The zero-order valence-corrected chi connectivity index (χ0v) is 15.6. The molecule has 0 saturated heterocycles. The first kappa shape index (κ1) is 20.3. The molecular weight excluding hydrogens is 357 g/mol. The molecule has 0 atom stereocenters. The average molecular weight is 369 g/mol. The molecule has 0 N–H and O–H groups in total. The van der Waals surface area contributed by atoms with E-state index in [1.165, 1.54) is 12.1 Å². The van der Waals surface area contributed by atoms with E-state index in [0.29, 0.717) is 11.0 Å². The van der Waals surface area contributed by atoms with Crippen LogP contribution in [0.5, 0.6) is 0 Å². The molecule has 2 aromatic heterocycles. The zero-order valence-electron chi connectivity index (χ0n) is 14.2. The number of para-hydroxylation sites is 2. The maximum absolute atomic E-state index is 10.5. The molecule has 128 valence electrons. The third-order valence-corrected chi connectivity index (χ3v) is 3.62. The third-order valence-electron chi connectivity index (χ3n) is 3.62. The van der Waals surface area contributed by atoms with Crippen molar-refractivity contribution in [1.82, 2.24) is 9.97 Å². The van der Waals surface area contributed by atoms with E-state index in [1.54, 1.807) is 24.3 Å². The Morgan fingerprint density at radius 2 is 0.963 bits per heavy atom. The predicted octanol–water partition coefficient (Wildman–Crippen LogP) is 0.816. The van der Waals surface area contributed by atoms with Crippen LogP contribution < -0.4 is 10.2 Å². The van der Waals surface area contributed by atoms with Gasteiger partial charge >= 0.3 is 23.1 Å². The summed E-state index contributed by atoms with van der Waals surface area (Å²) in [7, 11) is 0. The molecule has 0 amide bonds. The van der Waals surface area contributed by atoms with E-state index in [4.69, 9.17) is 0 Å². The van der Waals surface area contributed by atoms with Crippen LogP contribution in [0.15, 0.2) is 72.8 Å². The predicted molar refractivity (Wildman–Crippen MR) is 97.9 cm³/mol. The number of aromatic nitrogens is 2. The standard InChI is InChI=1S/2C10H7NO2.Mg/c2*12-10(13)9-6-5-7-3-1-2-4-8(7)11-9;/h2*1-6H,(H,12,13);/q;;+2/p-2. The van der Waals surface area contributed by atoms with Crippen molar-refractivity contribution >= 4 is 56.8 Å². The fraction of sp³-hybridized carbons (Fsp3) is 0. The Kier molecular flexibility index (Phi) is 6.81. The molecule has 0 aliphatic heterocycles. The quantitative estimate of drug-likeness (QED) is 0.485. The second-order valence-electron chi connectivity index (χ2n) is 5.35. The summed E-state index contributed by atoms with van der Waals surface area (Å²) >= 11 is 0. The van der Waals surface area contributed by atoms with Crippen molar-refractivity contribution in [2.24, 2.45) is 0 Å². The number of carbonyl (C=O) groups excluding carboxylic acids is 2. The van der Waals surface area contributed by atoms with Crippen LogP contribution in [0.3, 0.4) is 0 Å². The van der Waals surface area contributed by atoms with Gasteiger partial charge < -0.3 is 19.8 Å². The second-order valence-corrected chi connectivity index (χ2v) is 5.35. The Hall–Kier alpha value is -3.03. The van der Waals surface area contributed by atoms with Crippen molar-refractivity contribution < 1.29 is 19.8 Å². The van der Waals surface area contributed by atoms with Crippen LogP contribution in [0.2, 0.25) is 0 Å². The third kappa shape index (κ3) is 4.99. The van der Waals surface area contributed by atoms with Crippen LogP contribution in [0.4, 0.5) is 0 Å². The first-order chi connectivity index (χ1) is 12.5. The molecule has 0 fully saturated rings. The summed E-state index contributed by atoms with van der Waals surface area (Å²) in [6.07, 6.45) is 0. The van der Waals surface area contributed by atoms with Crippen LogP contribution in [0.1, 0.15) is 21.0 Å². The number of hydrogen-bond donors (Lipinski definition) is 0. The monoisotopic (exact) mass is 368 g/mol. The molecule has 6 nitrogen and oxygen atoms in total. The number of aromatic carboxylic acids is 2. The number of pyridine rings is 2. The summed E-state index contributed by atoms with van der Waals surface area (Å²) in [6, 6.07) is 21.0. The molecule has 0 saturated carbocycles. The van der Waals surface area contributed by atoms with Gasteiger partial charge in [-0.05, 0) is 24.3 Å². The molecule has 2 heterocycles. The minimum Gasteiger partial charge on any atom is -0.543 e. The summed E-state index contributed by atoms with van der Waals surface area (Å²) in [6.45, 7) is 0. The summed E-state index contributed by atoms with van der Waals surface area (Å²) in [4.78, 5) is 28.8. The van der Waals surface area contributed by atoms with Crippen molar-refractivity contribution in [3.05, 3.63) is 84.2 Å². The summed E-state index contributed by atoms with van der Waals surface area (Å²) in [5.41, 5.74) is 1.28. The Labute approximate surface area is 170 Å². The van der Waals surface area contributed by atoms with Gasteiger partial charge in [0.25, 0.3) is 0 Å². The normalized spacial score (nSPS) is 9.78. The van der Waals surface area contributed by atoms with Crippen molar-refractivity contribution in [2.75, 3.05) is 0 Å². The number of benzene rings is 2. The van der Waals surface area contributed by atoms with Crippen LogP contribution >= 0.6 is 0 Å². The number of carboxylic acid groups (broad SMARTS) is 2. The molecule has 0 bridgehead atoms. The molecule has 27 heavy (non-hydrogen) atoms. The zero-order chi connectivity index (χ0) is 18.5. The maximum Gasteiger partial charge on any atom is 2.00 e. The molecule has 0 aliphatic carbocycles. The SMILES string of the molecule is O=C([O-])c1ccc2ccccc2n1.O=C([O-])c1ccc2ccccc2n1.[Mg+2]. The molecule has 0 unspecified atom stereocenters. The Balaban J connectivity index is 0.000000187. The summed E-state index contributed by atoms with van der Waals surface area (Å²) in [5.74, 6) is -2.49. The Morgan fingerprint density at radius 3 is 1.33 bits per heavy atom. The van der Waals surface area contributed by atoms with Gasteiger partial charge in [0.1, 0.15) is 0 Å². The maximum atomic E-state index is 10.5. The van der Waals surface area contributed by atoms with Gasteiger partial charge in [0.05, 0.1) is 34.4 Å². The molecule has 7 heteroatoms. The topological polar surface area (TPSA) is 106 Å². The Bertz CT molecular complexity index is 1030. The minimum absolute atomic E-state index is 0. The fourth-order valence-corrected chi connectivity index (χ4v) is 2.36. The first-order valence-electron chi connectivity index (χ1n) is 7.69. The van der Waals surface area contributed by atoms with Gasteiger partial charge in [0.2, 0.25) is 0 Å². The number of fused-ring (bicyclic) bond motifs is 2. The average Bonchev–Trinajstić information content (AvgIpc) is 2.67. The van der Waals surface area contributed by atoms with Crippen LogP contribution in [0, 0.1) is 0 Å². The van der Waals surface area contributed by atoms with E-state index >= 15 is 0 Å². The van der Waals surface area contributed by atoms with E-state index in [2.05, 4.69) is 9.97 Å². The number of carbonyl (C=O) groups is 2. The number of carboxylic acids is 2. The van der Waals surface area contributed by atoms with Gasteiger partial charge in [-0.15, -0.1) is 0 Å². The van der Waals surface area contributed by atoms with Crippen molar-refractivity contribution in [2.45, 2.75) is 0 Å². The Morgan fingerprint density at radius 1 is 0.593 bits per heavy atom. The molecule has 2 aromatic carbocycles. The van der Waals surface area contributed by atoms with Crippen molar-refractivity contribution in [3.63, 3.8) is 0 Å². The van der Waals surface area contributed by atoms with E-state index in [1.807, 2.05) is 36.4 Å². The van der Waals surface area contributed by atoms with E-state index < -0.39 is 11.9 Å². The molecule has 4 rings (SSSR count). The van der Waals surface area contributed by atoms with Gasteiger partial charge in [-0.3, -0.25) is 0 Å². The van der Waals surface area contributed by atoms with Gasteiger partial charge in [-0.2, -0.15) is 0 Å². The molecule has 4 aromatic rings. The van der Waals surface area contributed by atoms with Gasteiger partial charge in [-0.25, -0.2) is 9.97 Å². The molecular formula is C20H12MgN2O4. The number of nitrogens with zero attached hydrogens (tertiary/aromatic N) is 2. The number of rotatable bonds is 2. The molecule has 0 spiro atoms. The van der Waals surface area contributed by atoms with Gasteiger partial charge in [0.15, 0.2) is 0 Å².